The van der Waals surface area contributed by atoms with E-state index in [-0.39, 0.29) is 16.9 Å². The standard InChI is InChI=1S/C33H39N7O3/c1-8-29(41)35-23-16-22(33(3,4)5)17-25(18-23)40-30(42)15-21(2)26-20-34-32(37-31(26)40)36-27-10-9-24(19-28(27)43-7)39-13-11-38(6)12-14-39/h8-10,15-20H,1,11-14H2,2-7H3,(H,35,41)(H,34,36,37). The van der Waals surface area contributed by atoms with Crippen LogP contribution in [0.5, 0.6) is 5.75 Å². The summed E-state index contributed by atoms with van der Waals surface area (Å²) in [6.07, 6.45) is 2.93. The van der Waals surface area contributed by atoms with Crippen LogP contribution in [0.3, 0.4) is 0 Å². The number of anilines is 4. The van der Waals surface area contributed by atoms with Crippen LogP contribution >= 0.6 is 0 Å². The maximum Gasteiger partial charge on any atom is 0.257 e. The molecule has 0 aliphatic carbocycles. The first-order valence-corrected chi connectivity index (χ1v) is 14.3. The Balaban J connectivity index is 1.58. The van der Waals surface area contributed by atoms with Crippen LogP contribution < -0.4 is 25.8 Å². The number of rotatable bonds is 7. The smallest absolute Gasteiger partial charge is 0.257 e. The Morgan fingerprint density at radius 2 is 1.79 bits per heavy atom. The summed E-state index contributed by atoms with van der Waals surface area (Å²) in [5.41, 5.74) is 4.63. The molecule has 3 heterocycles. The molecule has 0 bridgehead atoms. The quantitative estimate of drug-likeness (QED) is 0.294. The summed E-state index contributed by atoms with van der Waals surface area (Å²) in [6.45, 7) is 15.6. The van der Waals surface area contributed by atoms with E-state index in [9.17, 15) is 9.59 Å². The number of nitrogens with one attached hydrogen (secondary N) is 2. The highest BCUT2D eigenvalue weighted by atomic mass is 16.5. The van der Waals surface area contributed by atoms with Gasteiger partial charge in [0, 0.05) is 61.3 Å². The predicted octanol–water partition coefficient (Wildman–Crippen LogP) is 5.02. The van der Waals surface area contributed by atoms with E-state index in [1.165, 1.54) is 6.08 Å². The minimum Gasteiger partial charge on any atom is -0.494 e. The minimum absolute atomic E-state index is 0.240. The SMILES string of the molecule is C=CC(=O)Nc1cc(-n2c(=O)cc(C)c3cnc(Nc4ccc(N5CCN(C)CC5)cc4OC)nc32)cc(C(C)(C)C)c1. The molecule has 1 fully saturated rings. The maximum absolute atomic E-state index is 13.5. The fourth-order valence-electron chi connectivity index (χ4n) is 5.17. The first-order chi connectivity index (χ1) is 20.5. The van der Waals surface area contributed by atoms with Crippen molar-refractivity contribution < 1.29 is 9.53 Å². The zero-order chi connectivity index (χ0) is 30.9. The number of ether oxygens (including phenoxy) is 1. The number of nitrogens with zero attached hydrogens (tertiary/aromatic N) is 5. The van der Waals surface area contributed by atoms with E-state index in [4.69, 9.17) is 9.72 Å². The molecule has 4 aromatic rings. The molecule has 0 saturated carbocycles. The van der Waals surface area contributed by atoms with Crippen LogP contribution in [0.25, 0.3) is 16.7 Å². The van der Waals surface area contributed by atoms with Gasteiger partial charge in [0.25, 0.3) is 5.56 Å². The van der Waals surface area contributed by atoms with Gasteiger partial charge >= 0.3 is 0 Å². The fourth-order valence-corrected chi connectivity index (χ4v) is 5.17. The summed E-state index contributed by atoms with van der Waals surface area (Å²) >= 11 is 0. The molecule has 0 radical (unpaired) electrons. The van der Waals surface area contributed by atoms with Gasteiger partial charge in [-0.25, -0.2) is 4.98 Å². The molecule has 1 aliphatic heterocycles. The second-order valence-electron chi connectivity index (χ2n) is 11.9. The zero-order valence-electron chi connectivity index (χ0n) is 25.7. The molecular formula is C33H39N7O3. The molecule has 0 atom stereocenters. The van der Waals surface area contributed by atoms with Crippen molar-refractivity contribution in [1.82, 2.24) is 19.4 Å². The number of piperazine rings is 1. The van der Waals surface area contributed by atoms with E-state index in [1.54, 1.807) is 30.0 Å². The van der Waals surface area contributed by atoms with Gasteiger partial charge in [-0.3, -0.25) is 14.2 Å². The summed E-state index contributed by atoms with van der Waals surface area (Å²) in [7, 11) is 3.78. The molecule has 1 saturated heterocycles. The molecule has 43 heavy (non-hydrogen) atoms. The molecular weight excluding hydrogens is 542 g/mol. The van der Waals surface area contributed by atoms with Gasteiger partial charge in [-0.2, -0.15) is 4.98 Å². The van der Waals surface area contributed by atoms with Crippen molar-refractivity contribution in [2.75, 3.05) is 55.9 Å². The number of benzene rings is 2. The second-order valence-corrected chi connectivity index (χ2v) is 11.9. The van der Waals surface area contributed by atoms with Crippen LogP contribution in [0.15, 0.2) is 66.1 Å². The van der Waals surface area contributed by atoms with Crippen LogP contribution in [0.4, 0.5) is 23.0 Å². The van der Waals surface area contributed by atoms with E-state index in [1.807, 2.05) is 31.2 Å². The normalized spacial score (nSPS) is 14.0. The lowest BCUT2D eigenvalue weighted by Crippen LogP contribution is -2.44. The van der Waals surface area contributed by atoms with Crippen molar-refractivity contribution in [3.05, 3.63) is 82.8 Å². The van der Waals surface area contributed by atoms with Crippen molar-refractivity contribution in [1.29, 1.82) is 0 Å². The third kappa shape index (κ3) is 6.39. The Hall–Kier alpha value is -4.70. The summed E-state index contributed by atoms with van der Waals surface area (Å²) in [5.74, 6) is 0.658. The molecule has 1 amide bonds. The number of pyridine rings is 1. The molecule has 224 valence electrons. The van der Waals surface area contributed by atoms with E-state index in [0.29, 0.717) is 34.4 Å². The zero-order valence-corrected chi connectivity index (χ0v) is 25.7. The van der Waals surface area contributed by atoms with Gasteiger partial charge in [-0.05, 0) is 66.9 Å². The number of hydrogen-bond acceptors (Lipinski definition) is 8. The van der Waals surface area contributed by atoms with Crippen LogP contribution in [0.1, 0.15) is 31.9 Å². The van der Waals surface area contributed by atoms with E-state index in [0.717, 1.165) is 48.4 Å². The molecule has 2 N–H and O–H groups in total. The topological polar surface area (TPSA) is 105 Å². The van der Waals surface area contributed by atoms with Crippen LogP contribution in [-0.4, -0.2) is 65.7 Å². The number of aromatic nitrogens is 3. The molecule has 10 heteroatoms. The Kier molecular flexibility index (Phi) is 8.23. The van der Waals surface area contributed by atoms with Crippen molar-refractivity contribution in [3.63, 3.8) is 0 Å². The lowest BCUT2D eigenvalue weighted by atomic mass is 9.86. The number of hydrogen-bond donors (Lipinski definition) is 2. The molecule has 10 nitrogen and oxygen atoms in total. The van der Waals surface area contributed by atoms with Gasteiger partial charge in [0.05, 0.1) is 18.5 Å². The molecule has 2 aromatic heterocycles. The Morgan fingerprint density at radius 3 is 2.47 bits per heavy atom. The average molecular weight is 582 g/mol. The fraction of sp³-hybridized carbons (Fsp3) is 0.333. The minimum atomic E-state index is -0.334. The Labute approximate surface area is 252 Å². The average Bonchev–Trinajstić information content (AvgIpc) is 2.97. The lowest BCUT2D eigenvalue weighted by molar-refractivity contribution is -0.111. The van der Waals surface area contributed by atoms with Crippen LogP contribution in [0, 0.1) is 6.92 Å². The number of fused-ring (bicyclic) bond motifs is 1. The molecule has 1 aliphatic rings. The third-order valence-corrected chi connectivity index (χ3v) is 7.76. The summed E-state index contributed by atoms with van der Waals surface area (Å²) in [4.78, 5) is 39.8. The first-order valence-electron chi connectivity index (χ1n) is 14.3. The molecule has 5 rings (SSSR count). The van der Waals surface area contributed by atoms with E-state index < -0.39 is 0 Å². The van der Waals surface area contributed by atoms with Gasteiger partial charge in [0.2, 0.25) is 11.9 Å². The maximum atomic E-state index is 13.5. The summed E-state index contributed by atoms with van der Waals surface area (Å²) < 4.78 is 7.29. The highest BCUT2D eigenvalue weighted by Gasteiger charge is 2.20. The van der Waals surface area contributed by atoms with E-state index in [2.05, 4.69) is 65.9 Å². The van der Waals surface area contributed by atoms with Crippen molar-refractivity contribution >= 4 is 40.0 Å². The third-order valence-electron chi connectivity index (χ3n) is 7.76. The van der Waals surface area contributed by atoms with Crippen LogP contribution in [0.2, 0.25) is 0 Å². The summed E-state index contributed by atoms with van der Waals surface area (Å²) in [5, 5.41) is 6.87. The van der Waals surface area contributed by atoms with Gasteiger partial charge in [-0.1, -0.05) is 27.4 Å². The highest BCUT2D eigenvalue weighted by Crippen LogP contribution is 2.33. The summed E-state index contributed by atoms with van der Waals surface area (Å²) in [6, 6.07) is 13.2. The molecule has 0 unspecified atom stereocenters. The van der Waals surface area contributed by atoms with Crippen LogP contribution in [-0.2, 0) is 10.2 Å². The Bertz CT molecular complexity index is 1750. The van der Waals surface area contributed by atoms with Gasteiger partial charge in [-0.15, -0.1) is 0 Å². The monoisotopic (exact) mass is 581 g/mol. The van der Waals surface area contributed by atoms with Gasteiger partial charge in [0.15, 0.2) is 5.65 Å². The molecule has 0 spiro atoms. The van der Waals surface area contributed by atoms with Gasteiger partial charge in [0.1, 0.15) is 5.75 Å². The number of amides is 1. The lowest BCUT2D eigenvalue weighted by Gasteiger charge is -2.34. The highest BCUT2D eigenvalue weighted by molar-refractivity contribution is 5.99. The number of carbonyl (C=O) groups is 1. The first kappa shape index (κ1) is 29.8. The van der Waals surface area contributed by atoms with Crippen molar-refractivity contribution in [3.8, 4) is 11.4 Å². The number of likely N-dealkylation sites (N-methyl/N-ethyl adjacent to an activating group) is 1. The second kappa shape index (κ2) is 11.9. The number of carbonyl (C=O) groups excluding carboxylic acids is 1. The van der Waals surface area contributed by atoms with Crippen molar-refractivity contribution in [2.45, 2.75) is 33.1 Å². The number of methoxy groups -OCH3 is 1. The Morgan fingerprint density at radius 1 is 1.05 bits per heavy atom. The van der Waals surface area contributed by atoms with E-state index >= 15 is 0 Å². The number of aryl methyl sites for hydroxylation is 1. The largest absolute Gasteiger partial charge is 0.494 e. The molecule has 2 aromatic carbocycles. The van der Waals surface area contributed by atoms with Gasteiger partial charge < -0.3 is 25.2 Å². The van der Waals surface area contributed by atoms with Crippen molar-refractivity contribution in [2.24, 2.45) is 0 Å². The predicted molar refractivity (Wildman–Crippen MR) is 173 cm³/mol.